The van der Waals surface area contributed by atoms with Crippen molar-refractivity contribution in [2.75, 3.05) is 62.4 Å². The van der Waals surface area contributed by atoms with E-state index in [1.165, 1.54) is 24.7 Å². The van der Waals surface area contributed by atoms with Crippen LogP contribution in [0.25, 0.3) is 11.3 Å². The second-order valence-corrected chi connectivity index (χ2v) is 10.3. The van der Waals surface area contributed by atoms with Crippen LogP contribution < -0.4 is 25.0 Å². The summed E-state index contributed by atoms with van der Waals surface area (Å²) >= 11 is 0. The second kappa shape index (κ2) is 11.1. The quantitative estimate of drug-likeness (QED) is 0.441. The molecule has 0 spiro atoms. The smallest absolute Gasteiger partial charge is 0.258 e. The molecular weight excluding hydrogens is 525 g/mol. The van der Waals surface area contributed by atoms with Crippen LogP contribution in [0.4, 0.5) is 21.5 Å². The summed E-state index contributed by atoms with van der Waals surface area (Å²) in [6.45, 7) is 4.01. The number of fused-ring (bicyclic) bond motifs is 2. The van der Waals surface area contributed by atoms with E-state index in [1.807, 2.05) is 30.3 Å². The Morgan fingerprint density at radius 2 is 1.71 bits per heavy atom. The van der Waals surface area contributed by atoms with Gasteiger partial charge < -0.3 is 29.9 Å². The lowest BCUT2D eigenvalue weighted by Crippen LogP contribution is -2.48. The van der Waals surface area contributed by atoms with Gasteiger partial charge in [-0.3, -0.25) is 14.5 Å². The van der Waals surface area contributed by atoms with Gasteiger partial charge in [-0.05, 0) is 67.7 Å². The highest BCUT2D eigenvalue weighted by atomic mass is 19.1. The first-order chi connectivity index (χ1) is 19.9. The Bertz CT molecular complexity index is 1560. The fourth-order valence-electron chi connectivity index (χ4n) is 5.09. The molecule has 10 heteroatoms. The van der Waals surface area contributed by atoms with Crippen LogP contribution >= 0.6 is 0 Å². The summed E-state index contributed by atoms with van der Waals surface area (Å²) in [6, 6.07) is 17.0. The number of carbonyl (C=O) groups excluding carboxylic acids is 2. The monoisotopic (exact) mass is 555 g/mol. The van der Waals surface area contributed by atoms with Crippen molar-refractivity contribution < 1.29 is 23.5 Å². The third-order valence-electron chi connectivity index (χ3n) is 7.51. The Labute approximate surface area is 237 Å². The molecule has 2 amide bonds. The molecule has 9 nitrogen and oxygen atoms in total. The van der Waals surface area contributed by atoms with Gasteiger partial charge in [0.25, 0.3) is 5.91 Å². The number of halogens is 1. The maximum Gasteiger partial charge on any atom is 0.258 e. The summed E-state index contributed by atoms with van der Waals surface area (Å²) in [5, 5.41) is 6.15. The molecule has 0 atom stereocenters. The van der Waals surface area contributed by atoms with E-state index in [2.05, 4.69) is 27.5 Å². The van der Waals surface area contributed by atoms with Gasteiger partial charge in [-0.1, -0.05) is 0 Å². The molecule has 0 aliphatic carbocycles. The number of piperazine rings is 1. The fraction of sp³-hybridized carbons (Fsp3) is 0.226. The van der Waals surface area contributed by atoms with Crippen LogP contribution in [0.3, 0.4) is 0 Å². The Balaban J connectivity index is 1.29. The zero-order valence-electron chi connectivity index (χ0n) is 22.8. The van der Waals surface area contributed by atoms with E-state index in [4.69, 9.17) is 9.47 Å². The summed E-state index contributed by atoms with van der Waals surface area (Å²) in [7, 11) is 3.86. The molecule has 0 bridgehead atoms. The van der Waals surface area contributed by atoms with Crippen molar-refractivity contribution in [3.8, 4) is 11.5 Å². The molecule has 2 N–H and O–H groups in total. The average molecular weight is 556 g/mol. The minimum Gasteiger partial charge on any atom is -0.458 e. The van der Waals surface area contributed by atoms with Crippen LogP contribution in [0, 0.1) is 5.82 Å². The second-order valence-electron chi connectivity index (χ2n) is 10.3. The molecule has 3 aliphatic heterocycles. The van der Waals surface area contributed by atoms with E-state index in [-0.39, 0.29) is 11.8 Å². The Kier molecular flexibility index (Phi) is 7.17. The van der Waals surface area contributed by atoms with Crippen LogP contribution in [0.15, 0.2) is 73.2 Å². The average Bonchev–Trinajstić information content (AvgIpc) is 3.31. The number of hydrogen-bond acceptors (Lipinski definition) is 7. The highest BCUT2D eigenvalue weighted by Gasteiger charge is 2.29. The summed E-state index contributed by atoms with van der Waals surface area (Å²) in [6.07, 6.45) is 2.89. The van der Waals surface area contributed by atoms with E-state index >= 15 is 0 Å². The number of rotatable bonds is 6. The zero-order valence-corrected chi connectivity index (χ0v) is 22.8. The van der Waals surface area contributed by atoms with E-state index in [1.54, 1.807) is 30.1 Å². The van der Waals surface area contributed by atoms with Crippen LogP contribution in [-0.4, -0.2) is 68.4 Å². The zero-order chi connectivity index (χ0) is 28.5. The SMILES string of the molecule is CN1CCN(CC(=O)N(C)c2ccc(N/C(=C3\C(=O)Nc4cc(F)ccc43)c3ccc4c(c3)OC=CO4)cc2)CC1. The molecular formula is C31H30FN5O4. The molecule has 210 valence electrons. The van der Waals surface area contributed by atoms with Crippen molar-refractivity contribution in [3.63, 3.8) is 0 Å². The molecule has 41 heavy (non-hydrogen) atoms. The predicted molar refractivity (Wildman–Crippen MR) is 156 cm³/mol. The number of benzene rings is 3. The van der Waals surface area contributed by atoms with Crippen LogP contribution in [0.1, 0.15) is 11.1 Å². The first kappa shape index (κ1) is 26.5. The maximum atomic E-state index is 13.9. The number of hydrogen-bond donors (Lipinski definition) is 2. The molecule has 6 rings (SSSR count). The minimum atomic E-state index is -0.437. The Morgan fingerprint density at radius 3 is 2.46 bits per heavy atom. The molecule has 0 saturated carbocycles. The van der Waals surface area contributed by atoms with Gasteiger partial charge in [-0.25, -0.2) is 4.39 Å². The number of anilines is 3. The van der Waals surface area contributed by atoms with Crippen molar-refractivity contribution in [3.05, 3.63) is 90.1 Å². The summed E-state index contributed by atoms with van der Waals surface area (Å²) in [4.78, 5) is 32.2. The van der Waals surface area contributed by atoms with Gasteiger partial charge in [0.2, 0.25) is 5.91 Å². The third kappa shape index (κ3) is 5.52. The predicted octanol–water partition coefficient (Wildman–Crippen LogP) is 4.21. The van der Waals surface area contributed by atoms with Gasteiger partial charge in [0.1, 0.15) is 18.3 Å². The third-order valence-corrected chi connectivity index (χ3v) is 7.51. The molecule has 3 aromatic carbocycles. The molecule has 3 aromatic rings. The van der Waals surface area contributed by atoms with Crippen LogP contribution in [-0.2, 0) is 9.59 Å². The summed E-state index contributed by atoms with van der Waals surface area (Å²) in [5.74, 6) is 0.280. The highest BCUT2D eigenvalue weighted by Crippen LogP contribution is 2.40. The lowest BCUT2D eigenvalue weighted by Gasteiger charge is -2.32. The van der Waals surface area contributed by atoms with Crippen molar-refractivity contribution >= 4 is 40.1 Å². The van der Waals surface area contributed by atoms with Crippen molar-refractivity contribution in [2.45, 2.75) is 0 Å². The summed E-state index contributed by atoms with van der Waals surface area (Å²) in [5.41, 5.74) is 4.01. The van der Waals surface area contributed by atoms with E-state index in [0.29, 0.717) is 51.8 Å². The lowest BCUT2D eigenvalue weighted by atomic mass is 9.99. The van der Waals surface area contributed by atoms with Crippen LogP contribution in [0.5, 0.6) is 11.5 Å². The van der Waals surface area contributed by atoms with Crippen molar-refractivity contribution in [2.24, 2.45) is 0 Å². The Morgan fingerprint density at radius 1 is 0.976 bits per heavy atom. The number of carbonyl (C=O) groups is 2. The van der Waals surface area contributed by atoms with Crippen LogP contribution in [0.2, 0.25) is 0 Å². The standard InChI is InChI=1S/C31H30FN5O4/c1-35-11-13-37(14-12-35)19-28(38)36(2)23-7-5-22(6-8-23)33-30(20-3-10-26-27(17-20)41-16-15-40-26)29-24-9-4-21(32)18-25(24)34-31(29)39/h3-10,15-18,33H,11-14,19H2,1-2H3,(H,34,39)/b30-29-. The topological polar surface area (TPSA) is 86.4 Å². The molecule has 3 heterocycles. The highest BCUT2D eigenvalue weighted by molar-refractivity contribution is 6.37. The van der Waals surface area contributed by atoms with Gasteiger partial charge in [0.05, 0.1) is 23.5 Å². The molecule has 1 fully saturated rings. The molecule has 0 unspecified atom stereocenters. The first-order valence-electron chi connectivity index (χ1n) is 13.4. The summed E-state index contributed by atoms with van der Waals surface area (Å²) < 4.78 is 25.0. The van der Waals surface area contributed by atoms with Gasteiger partial charge in [-0.2, -0.15) is 0 Å². The van der Waals surface area contributed by atoms with E-state index in [9.17, 15) is 14.0 Å². The van der Waals surface area contributed by atoms with Gasteiger partial charge in [-0.15, -0.1) is 0 Å². The fourth-order valence-corrected chi connectivity index (χ4v) is 5.09. The van der Waals surface area contributed by atoms with E-state index < -0.39 is 5.82 Å². The lowest BCUT2D eigenvalue weighted by molar-refractivity contribution is -0.119. The number of ether oxygens (including phenoxy) is 2. The molecule has 1 saturated heterocycles. The van der Waals surface area contributed by atoms with Gasteiger partial charge in [0.15, 0.2) is 11.5 Å². The van der Waals surface area contributed by atoms with Gasteiger partial charge in [0, 0.05) is 55.7 Å². The van der Waals surface area contributed by atoms with Gasteiger partial charge >= 0.3 is 0 Å². The van der Waals surface area contributed by atoms with Crippen molar-refractivity contribution in [1.82, 2.24) is 9.80 Å². The maximum absolute atomic E-state index is 13.9. The molecule has 0 radical (unpaired) electrons. The number of amides is 2. The first-order valence-corrected chi connectivity index (χ1v) is 13.4. The Hall–Kier alpha value is -4.67. The largest absolute Gasteiger partial charge is 0.458 e. The van der Waals surface area contributed by atoms with Crippen molar-refractivity contribution in [1.29, 1.82) is 0 Å². The molecule has 0 aromatic heterocycles. The molecule has 3 aliphatic rings. The number of nitrogens with zero attached hydrogens (tertiary/aromatic N) is 3. The van der Waals surface area contributed by atoms with E-state index in [0.717, 1.165) is 31.9 Å². The normalized spacial score (nSPS) is 17.6. The number of nitrogens with one attached hydrogen (secondary N) is 2. The minimum absolute atomic E-state index is 0.0230. The number of likely N-dealkylation sites (N-methyl/N-ethyl adjacent to an activating group) is 2.